The molecular weight excluding hydrogens is 252 g/mol. The van der Waals surface area contributed by atoms with Crippen molar-refractivity contribution in [3.05, 3.63) is 28.3 Å². The number of benzene rings is 1. The Kier molecular flexibility index (Phi) is 2.55. The zero-order valence-electron chi connectivity index (χ0n) is 9.75. The molecule has 1 aliphatic heterocycles. The Morgan fingerprint density at radius 3 is 3.05 bits per heavy atom. The van der Waals surface area contributed by atoms with Crippen LogP contribution < -0.4 is 10.6 Å². The number of hydrogen-bond donors (Lipinski definition) is 2. The van der Waals surface area contributed by atoms with Crippen molar-refractivity contribution in [1.82, 2.24) is 10.3 Å². The number of nitrogens with zero attached hydrogens (tertiary/aromatic N) is 2. The lowest BCUT2D eigenvalue weighted by Crippen LogP contribution is -2.22. The van der Waals surface area contributed by atoms with Crippen LogP contribution in [0.4, 0.5) is 11.7 Å². The van der Waals surface area contributed by atoms with Gasteiger partial charge in [-0.05, 0) is 6.07 Å². The molecule has 2 aromatic rings. The number of fused-ring (bicyclic) bond motifs is 1. The summed E-state index contributed by atoms with van der Waals surface area (Å²) in [6, 6.07) is 4.59. The molecule has 0 spiro atoms. The van der Waals surface area contributed by atoms with E-state index in [1.165, 1.54) is 12.1 Å². The average molecular weight is 262 g/mol. The van der Waals surface area contributed by atoms with Crippen LogP contribution in [-0.2, 0) is 4.79 Å². The van der Waals surface area contributed by atoms with Gasteiger partial charge in [-0.25, -0.2) is 0 Å². The Morgan fingerprint density at radius 2 is 2.37 bits per heavy atom. The molecular formula is C11H10N4O4. The van der Waals surface area contributed by atoms with Gasteiger partial charge in [0.05, 0.1) is 11.0 Å². The van der Waals surface area contributed by atoms with Crippen molar-refractivity contribution in [2.75, 3.05) is 11.9 Å². The third kappa shape index (κ3) is 2.07. The van der Waals surface area contributed by atoms with E-state index in [2.05, 4.69) is 15.6 Å². The SMILES string of the molecule is O=C1CC(Nc2nc3c([N+](=O)[O-])cccc3o2)CN1. The van der Waals surface area contributed by atoms with Gasteiger partial charge in [0.25, 0.3) is 11.7 Å². The van der Waals surface area contributed by atoms with Gasteiger partial charge in [0.15, 0.2) is 11.1 Å². The van der Waals surface area contributed by atoms with Crippen LogP contribution in [0.25, 0.3) is 11.1 Å². The highest BCUT2D eigenvalue weighted by molar-refractivity contribution is 5.84. The molecule has 2 heterocycles. The summed E-state index contributed by atoms with van der Waals surface area (Å²) in [5.41, 5.74) is 0.441. The minimum atomic E-state index is -0.505. The Balaban J connectivity index is 1.91. The van der Waals surface area contributed by atoms with Gasteiger partial charge in [-0.3, -0.25) is 14.9 Å². The summed E-state index contributed by atoms with van der Waals surface area (Å²) in [7, 11) is 0. The molecule has 8 heteroatoms. The molecule has 1 atom stereocenters. The van der Waals surface area contributed by atoms with E-state index in [0.29, 0.717) is 18.5 Å². The maximum Gasteiger partial charge on any atom is 0.298 e. The predicted molar refractivity (Wildman–Crippen MR) is 65.7 cm³/mol. The molecule has 1 fully saturated rings. The molecule has 0 radical (unpaired) electrons. The molecule has 2 N–H and O–H groups in total. The molecule has 1 unspecified atom stereocenters. The smallest absolute Gasteiger partial charge is 0.298 e. The minimum absolute atomic E-state index is 0.0420. The van der Waals surface area contributed by atoms with Crippen molar-refractivity contribution in [2.24, 2.45) is 0 Å². The van der Waals surface area contributed by atoms with Gasteiger partial charge in [-0.15, -0.1) is 0 Å². The highest BCUT2D eigenvalue weighted by Gasteiger charge is 2.24. The van der Waals surface area contributed by atoms with E-state index >= 15 is 0 Å². The number of para-hydroxylation sites is 1. The number of aromatic nitrogens is 1. The number of nitro groups is 1. The fraction of sp³-hybridized carbons (Fsp3) is 0.273. The third-order valence-electron chi connectivity index (χ3n) is 2.90. The maximum absolute atomic E-state index is 11.1. The number of nitrogens with one attached hydrogen (secondary N) is 2. The molecule has 3 rings (SSSR count). The van der Waals surface area contributed by atoms with Crippen LogP contribution in [0.5, 0.6) is 0 Å². The fourth-order valence-electron chi connectivity index (χ4n) is 2.02. The summed E-state index contributed by atoms with van der Waals surface area (Å²) in [5.74, 6) is -0.0420. The number of hydrogen-bond acceptors (Lipinski definition) is 6. The van der Waals surface area contributed by atoms with Crippen molar-refractivity contribution in [3.63, 3.8) is 0 Å². The van der Waals surface area contributed by atoms with Gasteiger partial charge in [0.2, 0.25) is 5.91 Å². The van der Waals surface area contributed by atoms with E-state index in [9.17, 15) is 14.9 Å². The van der Waals surface area contributed by atoms with Gasteiger partial charge >= 0.3 is 0 Å². The van der Waals surface area contributed by atoms with Crippen LogP contribution >= 0.6 is 0 Å². The number of nitro benzene ring substituents is 1. The topological polar surface area (TPSA) is 110 Å². The minimum Gasteiger partial charge on any atom is -0.423 e. The number of carbonyl (C=O) groups excluding carboxylic acids is 1. The molecule has 19 heavy (non-hydrogen) atoms. The largest absolute Gasteiger partial charge is 0.423 e. The summed E-state index contributed by atoms with van der Waals surface area (Å²) in [4.78, 5) is 25.5. The number of oxazole rings is 1. The highest BCUT2D eigenvalue weighted by Crippen LogP contribution is 2.27. The first-order valence-corrected chi connectivity index (χ1v) is 5.70. The van der Waals surface area contributed by atoms with Crippen LogP contribution in [0.2, 0.25) is 0 Å². The van der Waals surface area contributed by atoms with Crippen LogP contribution in [0.1, 0.15) is 6.42 Å². The second-order valence-corrected chi connectivity index (χ2v) is 4.25. The first-order valence-electron chi connectivity index (χ1n) is 5.70. The van der Waals surface area contributed by atoms with Crippen molar-refractivity contribution in [3.8, 4) is 0 Å². The van der Waals surface area contributed by atoms with E-state index in [-0.39, 0.29) is 29.2 Å². The van der Waals surface area contributed by atoms with Crippen LogP contribution in [-0.4, -0.2) is 28.4 Å². The van der Waals surface area contributed by atoms with Crippen molar-refractivity contribution in [2.45, 2.75) is 12.5 Å². The summed E-state index contributed by atoms with van der Waals surface area (Å²) < 4.78 is 5.39. The second-order valence-electron chi connectivity index (χ2n) is 4.25. The van der Waals surface area contributed by atoms with Crippen LogP contribution in [0, 0.1) is 10.1 Å². The average Bonchev–Trinajstić information content (AvgIpc) is 2.94. The fourth-order valence-corrected chi connectivity index (χ4v) is 2.02. The van der Waals surface area contributed by atoms with Crippen molar-refractivity contribution >= 4 is 28.7 Å². The van der Waals surface area contributed by atoms with Crippen LogP contribution in [0.15, 0.2) is 22.6 Å². The summed E-state index contributed by atoms with van der Waals surface area (Å²) in [6.07, 6.45) is 0.334. The van der Waals surface area contributed by atoms with E-state index in [1.807, 2.05) is 0 Å². The van der Waals surface area contributed by atoms with Gasteiger partial charge in [0, 0.05) is 19.0 Å². The summed E-state index contributed by atoms with van der Waals surface area (Å²) in [5, 5.41) is 16.5. The van der Waals surface area contributed by atoms with E-state index in [4.69, 9.17) is 4.42 Å². The lowest BCUT2D eigenvalue weighted by atomic mass is 10.3. The predicted octanol–water partition coefficient (Wildman–Crippen LogP) is 1.04. The molecule has 1 aromatic carbocycles. The number of rotatable bonds is 3. The normalized spacial score (nSPS) is 18.5. The molecule has 0 saturated carbocycles. The number of amides is 1. The van der Waals surface area contributed by atoms with Crippen LogP contribution in [0.3, 0.4) is 0 Å². The monoisotopic (exact) mass is 262 g/mol. The number of carbonyl (C=O) groups is 1. The number of non-ortho nitro benzene ring substituents is 1. The lowest BCUT2D eigenvalue weighted by Gasteiger charge is -2.06. The molecule has 0 bridgehead atoms. The lowest BCUT2D eigenvalue weighted by molar-refractivity contribution is -0.383. The van der Waals surface area contributed by atoms with E-state index in [1.54, 1.807) is 6.07 Å². The Labute approximate surface area is 106 Å². The quantitative estimate of drug-likeness (QED) is 0.631. The molecule has 98 valence electrons. The van der Waals surface area contributed by atoms with Crippen molar-refractivity contribution in [1.29, 1.82) is 0 Å². The molecule has 1 aromatic heterocycles. The van der Waals surface area contributed by atoms with E-state index in [0.717, 1.165) is 0 Å². The van der Waals surface area contributed by atoms with Gasteiger partial charge in [-0.1, -0.05) is 6.07 Å². The summed E-state index contributed by atoms with van der Waals surface area (Å²) in [6.45, 7) is 0.486. The van der Waals surface area contributed by atoms with E-state index < -0.39 is 4.92 Å². The standard InChI is InChI=1S/C11H10N4O4/c16-9-4-6(5-12-9)13-11-14-10-7(15(17)18)2-1-3-8(10)19-11/h1-3,6H,4-5H2,(H,12,16)(H,13,14). The second kappa shape index (κ2) is 4.23. The number of anilines is 1. The molecule has 0 aliphatic carbocycles. The zero-order valence-corrected chi connectivity index (χ0v) is 9.75. The van der Waals surface area contributed by atoms with Gasteiger partial charge in [0.1, 0.15) is 0 Å². The zero-order chi connectivity index (χ0) is 13.4. The maximum atomic E-state index is 11.1. The first kappa shape index (κ1) is 11.5. The van der Waals surface area contributed by atoms with Crippen molar-refractivity contribution < 1.29 is 14.1 Å². The van der Waals surface area contributed by atoms with Gasteiger partial charge in [-0.2, -0.15) is 4.98 Å². The summed E-state index contributed by atoms with van der Waals surface area (Å²) >= 11 is 0. The molecule has 8 nitrogen and oxygen atoms in total. The highest BCUT2D eigenvalue weighted by atomic mass is 16.6. The Bertz CT molecular complexity index is 666. The third-order valence-corrected chi connectivity index (χ3v) is 2.90. The first-order chi connectivity index (χ1) is 9.13. The Hall–Kier alpha value is -2.64. The molecule has 1 amide bonds. The Morgan fingerprint density at radius 1 is 1.53 bits per heavy atom. The molecule has 1 saturated heterocycles. The van der Waals surface area contributed by atoms with Gasteiger partial charge < -0.3 is 15.1 Å². The molecule has 1 aliphatic rings.